The van der Waals surface area contributed by atoms with E-state index in [1.54, 1.807) is 6.20 Å². The quantitative estimate of drug-likeness (QED) is 0.852. The fraction of sp³-hybridized carbons (Fsp3) is 0.333. The standard InChI is InChI=1S/C15H17N3O/c1-3-18-9-10(2)15(19)17-13-8-16-12-7-5-4-6-11(12)14(13)18/h4-8,10H,3,9H2,1-2H3,(H,17,19). The van der Waals surface area contributed by atoms with Gasteiger partial charge in [-0.05, 0) is 13.0 Å². The first-order valence-corrected chi connectivity index (χ1v) is 6.64. The minimum absolute atomic E-state index is 0.0221. The molecule has 0 radical (unpaired) electrons. The molecule has 2 aromatic rings. The van der Waals surface area contributed by atoms with Crippen LogP contribution in [0, 0.1) is 5.92 Å². The Morgan fingerprint density at radius 3 is 3.00 bits per heavy atom. The van der Waals surface area contributed by atoms with E-state index >= 15 is 0 Å². The van der Waals surface area contributed by atoms with Crippen molar-refractivity contribution >= 4 is 28.2 Å². The van der Waals surface area contributed by atoms with Gasteiger partial charge in [-0.1, -0.05) is 25.1 Å². The molecule has 0 saturated carbocycles. The van der Waals surface area contributed by atoms with E-state index in [1.807, 2.05) is 25.1 Å². The number of pyridine rings is 1. The molecule has 0 spiro atoms. The summed E-state index contributed by atoms with van der Waals surface area (Å²) < 4.78 is 0. The van der Waals surface area contributed by atoms with Crippen molar-refractivity contribution in [1.82, 2.24) is 4.98 Å². The molecule has 1 unspecified atom stereocenters. The van der Waals surface area contributed by atoms with E-state index in [1.165, 1.54) is 0 Å². The molecule has 1 aliphatic heterocycles. The molecule has 1 aromatic heterocycles. The molecule has 1 aromatic carbocycles. The zero-order valence-corrected chi connectivity index (χ0v) is 11.2. The number of aromatic nitrogens is 1. The molecule has 98 valence electrons. The molecule has 3 rings (SSSR count). The number of amides is 1. The second-order valence-corrected chi connectivity index (χ2v) is 4.97. The molecule has 0 saturated heterocycles. The summed E-state index contributed by atoms with van der Waals surface area (Å²) in [5.74, 6) is 0.0420. The molecule has 4 nitrogen and oxygen atoms in total. The van der Waals surface area contributed by atoms with Crippen molar-refractivity contribution in [2.75, 3.05) is 23.3 Å². The van der Waals surface area contributed by atoms with E-state index in [-0.39, 0.29) is 11.8 Å². The molecule has 0 aliphatic carbocycles. The molecule has 1 amide bonds. The smallest absolute Gasteiger partial charge is 0.229 e. The summed E-state index contributed by atoms with van der Waals surface area (Å²) in [5, 5.41) is 4.08. The maximum absolute atomic E-state index is 12.0. The predicted molar refractivity (Wildman–Crippen MR) is 77.4 cm³/mol. The van der Waals surface area contributed by atoms with Crippen molar-refractivity contribution in [3.63, 3.8) is 0 Å². The fourth-order valence-electron chi connectivity index (χ4n) is 2.61. The Kier molecular flexibility index (Phi) is 2.85. The van der Waals surface area contributed by atoms with Crippen molar-refractivity contribution in [2.24, 2.45) is 5.92 Å². The van der Waals surface area contributed by atoms with Gasteiger partial charge in [-0.25, -0.2) is 0 Å². The SMILES string of the molecule is CCN1CC(C)C(=O)Nc2cnc3ccccc3c21. The Hall–Kier alpha value is -2.10. The number of carbonyl (C=O) groups is 1. The number of carbonyl (C=O) groups excluding carboxylic acids is 1. The first-order chi connectivity index (χ1) is 9.20. The third-order valence-corrected chi connectivity index (χ3v) is 3.64. The summed E-state index contributed by atoms with van der Waals surface area (Å²) in [6, 6.07) is 8.05. The van der Waals surface area contributed by atoms with Gasteiger partial charge in [-0.15, -0.1) is 0 Å². The van der Waals surface area contributed by atoms with Crippen LogP contribution in [0.4, 0.5) is 11.4 Å². The highest BCUT2D eigenvalue weighted by Crippen LogP contribution is 2.35. The number of fused-ring (bicyclic) bond motifs is 3. The van der Waals surface area contributed by atoms with E-state index in [0.717, 1.165) is 35.4 Å². The molecular formula is C15H17N3O. The zero-order chi connectivity index (χ0) is 13.4. The van der Waals surface area contributed by atoms with Gasteiger partial charge in [-0.2, -0.15) is 0 Å². The Labute approximate surface area is 112 Å². The van der Waals surface area contributed by atoms with E-state index in [9.17, 15) is 4.79 Å². The molecule has 4 heteroatoms. The third kappa shape index (κ3) is 1.93. The summed E-state index contributed by atoms with van der Waals surface area (Å²) in [7, 11) is 0. The highest BCUT2D eigenvalue weighted by atomic mass is 16.1. The predicted octanol–water partition coefficient (Wildman–Crippen LogP) is 2.65. The van der Waals surface area contributed by atoms with E-state index in [4.69, 9.17) is 0 Å². The number of nitrogens with zero attached hydrogens (tertiary/aromatic N) is 2. The van der Waals surface area contributed by atoms with Gasteiger partial charge in [0.1, 0.15) is 0 Å². The monoisotopic (exact) mass is 255 g/mol. The Bertz CT molecular complexity index is 638. The van der Waals surface area contributed by atoms with Crippen molar-refractivity contribution in [2.45, 2.75) is 13.8 Å². The Morgan fingerprint density at radius 2 is 2.21 bits per heavy atom. The maximum Gasteiger partial charge on any atom is 0.229 e. The highest BCUT2D eigenvalue weighted by molar-refractivity contribution is 6.05. The van der Waals surface area contributed by atoms with Gasteiger partial charge in [0.15, 0.2) is 0 Å². The lowest BCUT2D eigenvalue weighted by molar-refractivity contribution is -0.119. The van der Waals surface area contributed by atoms with Crippen LogP contribution in [-0.4, -0.2) is 24.0 Å². The summed E-state index contributed by atoms with van der Waals surface area (Å²) in [5.41, 5.74) is 2.87. The molecule has 19 heavy (non-hydrogen) atoms. The summed E-state index contributed by atoms with van der Waals surface area (Å²) in [6.07, 6.45) is 1.76. The number of hydrogen-bond donors (Lipinski definition) is 1. The summed E-state index contributed by atoms with van der Waals surface area (Å²) in [6.45, 7) is 5.69. The van der Waals surface area contributed by atoms with Gasteiger partial charge in [0.05, 0.1) is 29.0 Å². The lowest BCUT2D eigenvalue weighted by Crippen LogP contribution is -2.30. The minimum atomic E-state index is -0.0221. The van der Waals surface area contributed by atoms with Crippen LogP contribution in [0.15, 0.2) is 30.5 Å². The molecule has 0 fully saturated rings. The topological polar surface area (TPSA) is 45.2 Å². The molecule has 1 N–H and O–H groups in total. The van der Waals surface area contributed by atoms with Crippen LogP contribution in [0.5, 0.6) is 0 Å². The largest absolute Gasteiger partial charge is 0.369 e. The minimum Gasteiger partial charge on any atom is -0.369 e. The van der Waals surface area contributed by atoms with Crippen LogP contribution < -0.4 is 10.2 Å². The molecular weight excluding hydrogens is 238 g/mol. The van der Waals surface area contributed by atoms with Crippen LogP contribution in [-0.2, 0) is 4.79 Å². The van der Waals surface area contributed by atoms with Crippen LogP contribution >= 0.6 is 0 Å². The summed E-state index contributed by atoms with van der Waals surface area (Å²) in [4.78, 5) is 18.7. The molecule has 1 atom stereocenters. The number of anilines is 2. The number of hydrogen-bond acceptors (Lipinski definition) is 3. The van der Waals surface area contributed by atoms with Crippen LogP contribution in [0.1, 0.15) is 13.8 Å². The first kappa shape index (κ1) is 12.0. The van der Waals surface area contributed by atoms with Gasteiger partial charge in [0.25, 0.3) is 0 Å². The molecule has 0 bridgehead atoms. The molecule has 2 heterocycles. The Morgan fingerprint density at radius 1 is 1.42 bits per heavy atom. The van der Waals surface area contributed by atoms with Gasteiger partial charge in [-0.3, -0.25) is 9.78 Å². The van der Waals surface area contributed by atoms with Gasteiger partial charge in [0, 0.05) is 18.5 Å². The number of benzene rings is 1. The maximum atomic E-state index is 12.0. The highest BCUT2D eigenvalue weighted by Gasteiger charge is 2.25. The lowest BCUT2D eigenvalue weighted by Gasteiger charge is -2.25. The lowest BCUT2D eigenvalue weighted by atomic mass is 10.1. The Balaban J connectivity index is 2.26. The average Bonchev–Trinajstić information content (AvgIpc) is 2.56. The van der Waals surface area contributed by atoms with E-state index in [0.29, 0.717) is 0 Å². The van der Waals surface area contributed by atoms with Crippen LogP contribution in [0.25, 0.3) is 10.9 Å². The van der Waals surface area contributed by atoms with Crippen molar-refractivity contribution < 1.29 is 4.79 Å². The normalized spacial score (nSPS) is 18.9. The van der Waals surface area contributed by atoms with E-state index in [2.05, 4.69) is 28.2 Å². The third-order valence-electron chi connectivity index (χ3n) is 3.64. The van der Waals surface area contributed by atoms with Crippen LogP contribution in [0.2, 0.25) is 0 Å². The number of nitrogens with one attached hydrogen (secondary N) is 1. The van der Waals surface area contributed by atoms with Crippen LogP contribution in [0.3, 0.4) is 0 Å². The van der Waals surface area contributed by atoms with Gasteiger partial charge in [0.2, 0.25) is 5.91 Å². The van der Waals surface area contributed by atoms with Crippen molar-refractivity contribution in [1.29, 1.82) is 0 Å². The fourth-order valence-corrected chi connectivity index (χ4v) is 2.61. The second-order valence-electron chi connectivity index (χ2n) is 4.97. The van der Waals surface area contributed by atoms with Gasteiger partial charge >= 0.3 is 0 Å². The number of para-hydroxylation sites is 1. The van der Waals surface area contributed by atoms with E-state index < -0.39 is 0 Å². The van der Waals surface area contributed by atoms with Crippen molar-refractivity contribution in [3.05, 3.63) is 30.5 Å². The summed E-state index contributed by atoms with van der Waals surface area (Å²) >= 11 is 0. The second kappa shape index (κ2) is 4.53. The average molecular weight is 255 g/mol. The first-order valence-electron chi connectivity index (χ1n) is 6.64. The van der Waals surface area contributed by atoms with Gasteiger partial charge < -0.3 is 10.2 Å². The number of rotatable bonds is 1. The zero-order valence-electron chi connectivity index (χ0n) is 11.2. The van der Waals surface area contributed by atoms with Crippen molar-refractivity contribution in [3.8, 4) is 0 Å². The molecule has 1 aliphatic rings.